The fraction of sp³-hybridized carbons (Fsp3) is 0.250. The molecule has 1 aromatic carbocycles. The van der Waals surface area contributed by atoms with Crippen molar-refractivity contribution in [1.82, 2.24) is 10.6 Å². The highest BCUT2D eigenvalue weighted by molar-refractivity contribution is 7.80. The molecule has 0 aliphatic carbocycles. The summed E-state index contributed by atoms with van der Waals surface area (Å²) in [6.07, 6.45) is 0. The third kappa shape index (κ3) is 3.07. The third-order valence-corrected chi connectivity index (χ3v) is 2.83. The number of carbonyl (C=O) groups excluding carboxylic acids is 2. The molecule has 19 heavy (non-hydrogen) atoms. The van der Waals surface area contributed by atoms with Gasteiger partial charge >= 0.3 is 0 Å². The van der Waals surface area contributed by atoms with Gasteiger partial charge in [-0.15, -0.1) is 0 Å². The second-order valence-corrected chi connectivity index (χ2v) is 4.33. The zero-order chi connectivity index (χ0) is 13.8. The highest BCUT2D eigenvalue weighted by atomic mass is 32.1. The van der Waals surface area contributed by atoms with Crippen LogP contribution in [0.25, 0.3) is 0 Å². The molecule has 7 heteroatoms. The quantitative estimate of drug-likeness (QED) is 0.423. The first kappa shape index (κ1) is 13.4. The van der Waals surface area contributed by atoms with Crippen LogP contribution >= 0.6 is 12.2 Å². The highest BCUT2D eigenvalue weighted by Crippen LogP contribution is 2.20. The minimum absolute atomic E-state index is 0.356. The fourth-order valence-corrected chi connectivity index (χ4v) is 1.91. The second kappa shape index (κ2) is 5.77. The van der Waals surface area contributed by atoms with Gasteiger partial charge in [0.25, 0.3) is 11.8 Å². The van der Waals surface area contributed by atoms with Gasteiger partial charge in [-0.1, -0.05) is 0 Å². The molecule has 1 heterocycles. The molecule has 0 aromatic heterocycles. The first-order valence-electron chi connectivity index (χ1n) is 5.65. The van der Waals surface area contributed by atoms with E-state index in [2.05, 4.69) is 16.0 Å². The molecule has 1 aliphatic rings. The molecular formula is C12H13N3O3S. The van der Waals surface area contributed by atoms with E-state index in [0.717, 1.165) is 0 Å². The lowest BCUT2D eigenvalue weighted by molar-refractivity contribution is 0.0879. The number of carbonyl (C=O) groups is 2. The van der Waals surface area contributed by atoms with E-state index >= 15 is 0 Å². The lowest BCUT2D eigenvalue weighted by Gasteiger charge is -2.10. The largest absolute Gasteiger partial charge is 0.383 e. The number of amides is 2. The molecule has 2 rings (SSSR count). The summed E-state index contributed by atoms with van der Waals surface area (Å²) in [5.74, 6) is -0.755. The number of benzene rings is 1. The molecule has 2 amide bonds. The Labute approximate surface area is 115 Å². The van der Waals surface area contributed by atoms with Crippen LogP contribution in [0, 0.1) is 0 Å². The van der Waals surface area contributed by atoms with E-state index in [0.29, 0.717) is 35.1 Å². The van der Waals surface area contributed by atoms with E-state index in [9.17, 15) is 9.59 Å². The van der Waals surface area contributed by atoms with Crippen molar-refractivity contribution >= 4 is 34.8 Å². The van der Waals surface area contributed by atoms with Crippen molar-refractivity contribution in [1.29, 1.82) is 0 Å². The van der Waals surface area contributed by atoms with Crippen LogP contribution in [0.15, 0.2) is 18.2 Å². The molecule has 0 spiro atoms. The smallest absolute Gasteiger partial charge is 0.259 e. The number of fused-ring (bicyclic) bond motifs is 1. The average Bonchev–Trinajstić information content (AvgIpc) is 2.65. The average molecular weight is 279 g/mol. The summed E-state index contributed by atoms with van der Waals surface area (Å²) in [4.78, 5) is 22.9. The molecule has 100 valence electrons. The Morgan fingerprint density at radius 1 is 1.32 bits per heavy atom. The van der Waals surface area contributed by atoms with Crippen molar-refractivity contribution in [3.05, 3.63) is 29.3 Å². The van der Waals surface area contributed by atoms with Gasteiger partial charge in [0.05, 0.1) is 17.7 Å². The number of ether oxygens (including phenoxy) is 1. The fourth-order valence-electron chi connectivity index (χ4n) is 1.69. The zero-order valence-electron chi connectivity index (χ0n) is 10.3. The standard InChI is InChI=1S/C12H13N3O3S/c1-18-5-4-13-12(19)14-7-2-3-8-9(6-7)11(17)15-10(8)16/h2-3,6H,4-5H2,1H3,(H2,13,14,19)(H,15,16,17). The van der Waals surface area contributed by atoms with Crippen LogP contribution in [0.3, 0.4) is 0 Å². The van der Waals surface area contributed by atoms with Gasteiger partial charge in [-0.2, -0.15) is 0 Å². The van der Waals surface area contributed by atoms with Gasteiger partial charge in [0, 0.05) is 19.3 Å². The SMILES string of the molecule is COCCNC(=S)Nc1ccc2c(c1)C(=O)NC2=O. The van der Waals surface area contributed by atoms with Gasteiger partial charge in [-0.3, -0.25) is 14.9 Å². The van der Waals surface area contributed by atoms with Crippen LogP contribution in [-0.4, -0.2) is 37.2 Å². The number of hydrogen-bond acceptors (Lipinski definition) is 4. The molecule has 1 aromatic rings. The predicted molar refractivity (Wildman–Crippen MR) is 74.3 cm³/mol. The first-order valence-corrected chi connectivity index (χ1v) is 6.06. The van der Waals surface area contributed by atoms with Crippen LogP contribution in [0.1, 0.15) is 20.7 Å². The summed E-state index contributed by atoms with van der Waals surface area (Å²) < 4.78 is 4.89. The number of hydrogen-bond donors (Lipinski definition) is 3. The summed E-state index contributed by atoms with van der Waals surface area (Å²) in [5, 5.41) is 8.55. The Bertz CT molecular complexity index is 545. The Balaban J connectivity index is 2.03. The lowest BCUT2D eigenvalue weighted by atomic mass is 10.1. The van der Waals surface area contributed by atoms with Gasteiger partial charge in [0.2, 0.25) is 0 Å². The van der Waals surface area contributed by atoms with Crippen LogP contribution < -0.4 is 16.0 Å². The highest BCUT2D eigenvalue weighted by Gasteiger charge is 2.26. The van der Waals surface area contributed by atoms with Gasteiger partial charge in [-0.25, -0.2) is 0 Å². The molecule has 0 atom stereocenters. The van der Waals surface area contributed by atoms with E-state index in [1.165, 1.54) is 0 Å². The number of methoxy groups -OCH3 is 1. The number of imide groups is 1. The van der Waals surface area contributed by atoms with E-state index in [4.69, 9.17) is 17.0 Å². The summed E-state index contributed by atoms with van der Waals surface area (Å²) in [5.41, 5.74) is 1.39. The second-order valence-electron chi connectivity index (χ2n) is 3.92. The summed E-state index contributed by atoms with van der Waals surface area (Å²) in [7, 11) is 1.61. The Hall–Kier alpha value is -1.99. The van der Waals surface area contributed by atoms with E-state index < -0.39 is 0 Å². The summed E-state index contributed by atoms with van der Waals surface area (Å²) >= 11 is 5.08. The minimum Gasteiger partial charge on any atom is -0.383 e. The van der Waals surface area contributed by atoms with Crippen molar-refractivity contribution in [3.8, 4) is 0 Å². The van der Waals surface area contributed by atoms with Crippen molar-refractivity contribution in [2.24, 2.45) is 0 Å². The van der Waals surface area contributed by atoms with Gasteiger partial charge in [0.15, 0.2) is 5.11 Å². The van der Waals surface area contributed by atoms with Gasteiger partial charge < -0.3 is 15.4 Å². The molecule has 0 fully saturated rings. The molecule has 3 N–H and O–H groups in total. The molecule has 0 saturated carbocycles. The number of rotatable bonds is 4. The molecule has 0 saturated heterocycles. The van der Waals surface area contributed by atoms with Crippen molar-refractivity contribution < 1.29 is 14.3 Å². The number of anilines is 1. The maximum atomic E-state index is 11.5. The molecule has 0 bridgehead atoms. The van der Waals surface area contributed by atoms with Crippen molar-refractivity contribution in [2.45, 2.75) is 0 Å². The topological polar surface area (TPSA) is 79.5 Å². The summed E-state index contributed by atoms with van der Waals surface area (Å²) in [6, 6.07) is 4.89. The van der Waals surface area contributed by atoms with Crippen LogP contribution in [0.5, 0.6) is 0 Å². The maximum Gasteiger partial charge on any atom is 0.259 e. The number of thiocarbonyl (C=S) groups is 1. The van der Waals surface area contributed by atoms with E-state index in [1.54, 1.807) is 25.3 Å². The van der Waals surface area contributed by atoms with Crippen LogP contribution in [0.2, 0.25) is 0 Å². The zero-order valence-corrected chi connectivity index (χ0v) is 11.1. The normalized spacial score (nSPS) is 12.9. The Kier molecular flexibility index (Phi) is 4.08. The molecule has 6 nitrogen and oxygen atoms in total. The maximum absolute atomic E-state index is 11.5. The Morgan fingerprint density at radius 3 is 2.79 bits per heavy atom. The molecule has 0 unspecified atom stereocenters. The minimum atomic E-state index is -0.387. The van der Waals surface area contributed by atoms with Gasteiger partial charge in [0.1, 0.15) is 0 Å². The summed E-state index contributed by atoms with van der Waals surface area (Å²) in [6.45, 7) is 1.13. The predicted octanol–water partition coefficient (Wildman–Crippen LogP) is 0.503. The molecular weight excluding hydrogens is 266 g/mol. The van der Waals surface area contributed by atoms with E-state index in [-0.39, 0.29) is 11.8 Å². The van der Waals surface area contributed by atoms with Crippen LogP contribution in [0.4, 0.5) is 5.69 Å². The van der Waals surface area contributed by atoms with E-state index in [1.807, 2.05) is 0 Å². The van der Waals surface area contributed by atoms with Crippen LogP contribution in [-0.2, 0) is 4.74 Å². The first-order chi connectivity index (χ1) is 9.11. The third-order valence-electron chi connectivity index (χ3n) is 2.59. The number of nitrogens with one attached hydrogen (secondary N) is 3. The lowest BCUT2D eigenvalue weighted by Crippen LogP contribution is -2.31. The molecule has 1 aliphatic heterocycles. The van der Waals surface area contributed by atoms with Crippen molar-refractivity contribution in [2.75, 3.05) is 25.6 Å². The van der Waals surface area contributed by atoms with Gasteiger partial charge in [-0.05, 0) is 30.4 Å². The monoisotopic (exact) mass is 279 g/mol. The van der Waals surface area contributed by atoms with Crippen molar-refractivity contribution in [3.63, 3.8) is 0 Å². The molecule has 0 radical (unpaired) electrons. The Morgan fingerprint density at radius 2 is 2.05 bits per heavy atom.